The maximum absolute atomic E-state index is 9.82. The Morgan fingerprint density at radius 2 is 0.800 bits per heavy atom. The normalized spacial score (nSPS) is 11.1. The molecule has 0 aliphatic heterocycles. The van der Waals surface area contributed by atoms with Crippen LogP contribution in [0.5, 0.6) is 0 Å². The summed E-state index contributed by atoms with van der Waals surface area (Å²) in [5.74, 6) is 0. The van der Waals surface area contributed by atoms with Gasteiger partial charge in [0.15, 0.2) is 0 Å². The summed E-state index contributed by atoms with van der Waals surface area (Å²) in [6.07, 6.45) is 0. The minimum Gasteiger partial charge on any atom is -0.309 e. The van der Waals surface area contributed by atoms with Gasteiger partial charge < -0.3 is 9.13 Å². The van der Waals surface area contributed by atoms with Crippen LogP contribution in [0.1, 0.15) is 16.7 Å². The van der Waals surface area contributed by atoms with Crippen LogP contribution in [0.4, 0.5) is 0 Å². The van der Waals surface area contributed by atoms with Gasteiger partial charge in [-0.05, 0) is 107 Å². The summed E-state index contributed by atoms with van der Waals surface area (Å²) in [5, 5.41) is 33.7. The lowest BCUT2D eigenvalue weighted by Crippen LogP contribution is -1.97. The van der Waals surface area contributed by atoms with Gasteiger partial charge in [0.1, 0.15) is 0 Å². The van der Waals surface area contributed by atoms with E-state index in [9.17, 15) is 15.8 Å². The third-order valence-corrected chi connectivity index (χ3v) is 9.52. The molecule has 0 aliphatic rings. The Kier molecular flexibility index (Phi) is 6.56. The van der Waals surface area contributed by atoms with Crippen molar-refractivity contribution in [2.75, 3.05) is 0 Å². The topological polar surface area (TPSA) is 81.2 Å². The van der Waals surface area contributed by atoms with Gasteiger partial charge in [-0.1, -0.05) is 66.7 Å². The lowest BCUT2D eigenvalue weighted by molar-refractivity contribution is 1.17. The number of aromatic nitrogens is 2. The minimum absolute atomic E-state index is 0.441. The van der Waals surface area contributed by atoms with Gasteiger partial charge in [-0.2, -0.15) is 15.8 Å². The second-order valence-electron chi connectivity index (χ2n) is 12.4. The van der Waals surface area contributed by atoms with E-state index in [2.05, 4.69) is 130 Å². The van der Waals surface area contributed by atoms with E-state index in [1.807, 2.05) is 42.5 Å². The number of nitriles is 3. The molecule has 50 heavy (non-hydrogen) atoms. The van der Waals surface area contributed by atoms with Gasteiger partial charge in [-0.25, -0.2) is 0 Å². The Morgan fingerprint density at radius 1 is 0.320 bits per heavy atom. The van der Waals surface area contributed by atoms with E-state index in [1.54, 1.807) is 6.07 Å². The maximum atomic E-state index is 9.82. The molecule has 9 rings (SSSR count). The summed E-state index contributed by atoms with van der Waals surface area (Å²) in [4.78, 5) is 0. The van der Waals surface area contributed by atoms with Crippen LogP contribution < -0.4 is 0 Å². The zero-order chi connectivity index (χ0) is 33.8. The van der Waals surface area contributed by atoms with Crippen molar-refractivity contribution in [2.45, 2.75) is 0 Å². The molecule has 0 saturated carbocycles. The molecule has 2 heterocycles. The van der Waals surface area contributed by atoms with Gasteiger partial charge in [-0.3, -0.25) is 0 Å². The van der Waals surface area contributed by atoms with Gasteiger partial charge >= 0.3 is 0 Å². The first-order valence-corrected chi connectivity index (χ1v) is 16.3. The molecule has 2 aromatic heterocycles. The smallest absolute Gasteiger partial charge is 0.0992 e. The van der Waals surface area contributed by atoms with Crippen LogP contribution >= 0.6 is 0 Å². The van der Waals surface area contributed by atoms with Crippen molar-refractivity contribution in [3.63, 3.8) is 0 Å². The lowest BCUT2D eigenvalue weighted by atomic mass is 9.95. The Balaban J connectivity index is 1.31. The molecule has 0 saturated heterocycles. The van der Waals surface area contributed by atoms with E-state index >= 15 is 0 Å². The highest BCUT2D eigenvalue weighted by Crippen LogP contribution is 2.38. The van der Waals surface area contributed by atoms with Crippen molar-refractivity contribution in [1.82, 2.24) is 9.13 Å². The van der Waals surface area contributed by atoms with Crippen LogP contribution in [0.2, 0.25) is 0 Å². The van der Waals surface area contributed by atoms with Crippen LogP contribution in [-0.4, -0.2) is 9.13 Å². The summed E-state index contributed by atoms with van der Waals surface area (Å²) in [5.41, 5.74) is 11.5. The molecule has 230 valence electrons. The summed E-state index contributed by atoms with van der Waals surface area (Å²) in [6.45, 7) is 0. The molecule has 0 fully saturated rings. The van der Waals surface area contributed by atoms with E-state index < -0.39 is 0 Å². The van der Waals surface area contributed by atoms with Crippen molar-refractivity contribution in [3.05, 3.63) is 168 Å². The molecule has 0 radical (unpaired) electrons. The minimum atomic E-state index is 0.441. The molecule has 0 bridgehead atoms. The first-order chi connectivity index (χ1) is 24.6. The molecule has 0 amide bonds. The van der Waals surface area contributed by atoms with Crippen molar-refractivity contribution in [3.8, 4) is 51.8 Å². The molecule has 5 heteroatoms. The monoisotopic (exact) mass is 635 g/mol. The first-order valence-electron chi connectivity index (χ1n) is 16.3. The van der Waals surface area contributed by atoms with E-state index in [0.717, 1.165) is 66.5 Å². The zero-order valence-electron chi connectivity index (χ0n) is 26.7. The van der Waals surface area contributed by atoms with Gasteiger partial charge in [0.25, 0.3) is 0 Å². The van der Waals surface area contributed by atoms with Gasteiger partial charge in [0.2, 0.25) is 0 Å². The van der Waals surface area contributed by atoms with Crippen LogP contribution in [-0.2, 0) is 0 Å². The van der Waals surface area contributed by atoms with Crippen LogP contribution in [0.3, 0.4) is 0 Å². The average Bonchev–Trinajstić information content (AvgIpc) is 3.70. The largest absolute Gasteiger partial charge is 0.309 e. The number of para-hydroxylation sites is 3. The van der Waals surface area contributed by atoms with Crippen LogP contribution in [0.15, 0.2) is 152 Å². The van der Waals surface area contributed by atoms with Crippen LogP contribution in [0, 0.1) is 34.0 Å². The summed E-state index contributed by atoms with van der Waals surface area (Å²) in [6, 6.07) is 58.1. The molecular weight excluding hydrogens is 611 g/mol. The number of nitrogens with zero attached hydrogens (tertiary/aromatic N) is 5. The number of fused-ring (bicyclic) bond motifs is 6. The molecule has 0 N–H and O–H groups in total. The molecule has 0 spiro atoms. The third-order valence-electron chi connectivity index (χ3n) is 9.52. The third kappa shape index (κ3) is 4.53. The van der Waals surface area contributed by atoms with Crippen molar-refractivity contribution in [2.24, 2.45) is 0 Å². The predicted octanol–water partition coefficient (Wildman–Crippen LogP) is 10.8. The maximum Gasteiger partial charge on any atom is 0.0992 e. The van der Waals surface area contributed by atoms with E-state index in [0.29, 0.717) is 16.7 Å². The highest BCUT2D eigenvalue weighted by Gasteiger charge is 2.17. The van der Waals surface area contributed by atoms with Gasteiger partial charge in [-0.15, -0.1) is 0 Å². The van der Waals surface area contributed by atoms with E-state index in [1.165, 1.54) is 10.8 Å². The van der Waals surface area contributed by atoms with Crippen LogP contribution in [0.25, 0.3) is 77.2 Å². The molecule has 0 unspecified atom stereocenters. The van der Waals surface area contributed by atoms with Crippen molar-refractivity contribution < 1.29 is 0 Å². The standard InChI is InChI=1S/C45H25N5/c46-26-29-16-17-45-41(21-29)40-12-3-6-15-44(40)49(45)36-9-7-8-32(23-36)34-22-35(33-19-30(27-47)18-31(20-33)28-48)25-37(24-34)50-42-13-4-1-10-38(42)39-11-2-5-14-43(39)50/h1-25H. The number of hydrogen-bond acceptors (Lipinski definition) is 3. The molecule has 7 aromatic carbocycles. The number of benzene rings is 7. The van der Waals surface area contributed by atoms with E-state index in [-0.39, 0.29) is 0 Å². The number of rotatable bonds is 4. The first kappa shape index (κ1) is 28.8. The Morgan fingerprint density at radius 3 is 1.40 bits per heavy atom. The Bertz CT molecular complexity index is 2890. The highest BCUT2D eigenvalue weighted by molar-refractivity contribution is 6.10. The van der Waals surface area contributed by atoms with Crippen molar-refractivity contribution in [1.29, 1.82) is 15.8 Å². The average molecular weight is 636 g/mol. The highest BCUT2D eigenvalue weighted by atomic mass is 15.0. The molecule has 0 aliphatic carbocycles. The van der Waals surface area contributed by atoms with Gasteiger partial charge in [0, 0.05) is 32.9 Å². The van der Waals surface area contributed by atoms with Crippen molar-refractivity contribution >= 4 is 43.6 Å². The lowest BCUT2D eigenvalue weighted by Gasteiger charge is -2.15. The molecule has 0 atom stereocenters. The summed E-state index contributed by atoms with van der Waals surface area (Å²) < 4.78 is 4.54. The Labute approximate surface area is 287 Å². The summed E-state index contributed by atoms with van der Waals surface area (Å²) >= 11 is 0. The molecule has 5 nitrogen and oxygen atoms in total. The predicted molar refractivity (Wildman–Crippen MR) is 200 cm³/mol. The fourth-order valence-electron chi connectivity index (χ4n) is 7.34. The molecule has 9 aromatic rings. The van der Waals surface area contributed by atoms with Gasteiger partial charge in [0.05, 0.1) is 57.0 Å². The second kappa shape index (κ2) is 11.4. The second-order valence-corrected chi connectivity index (χ2v) is 12.4. The fraction of sp³-hybridized carbons (Fsp3) is 0. The zero-order valence-corrected chi connectivity index (χ0v) is 26.7. The SMILES string of the molecule is N#Cc1cc(C#N)cc(-c2cc(-c3cccc(-n4c5ccccc5c5cc(C#N)ccc54)c3)cc(-n3c4ccccc4c4ccccc43)c2)c1. The molecular formula is C45H25N5. The quantitative estimate of drug-likeness (QED) is 0.193. The number of hydrogen-bond donors (Lipinski definition) is 0. The summed E-state index contributed by atoms with van der Waals surface area (Å²) in [7, 11) is 0. The fourth-order valence-corrected chi connectivity index (χ4v) is 7.34. The Hall–Kier alpha value is -7.39. The van der Waals surface area contributed by atoms with E-state index in [4.69, 9.17) is 0 Å².